The summed E-state index contributed by atoms with van der Waals surface area (Å²) < 4.78 is 0. The molecule has 0 aromatic carbocycles. The first kappa shape index (κ1) is 10.9. The van der Waals surface area contributed by atoms with Gasteiger partial charge in [0.05, 0.1) is 5.88 Å². The number of hydrogen-bond acceptors (Lipinski definition) is 5. The van der Waals surface area contributed by atoms with Gasteiger partial charge in [0, 0.05) is 4.92 Å². The number of rotatable bonds is 5. The van der Waals surface area contributed by atoms with Gasteiger partial charge in [-0.25, -0.2) is 0 Å². The molecular weight excluding hydrogens is 192 g/mol. The third kappa shape index (κ3) is 3.91. The molecule has 0 saturated carbocycles. The fraction of sp³-hybridized carbons (Fsp3) is 1.00. The van der Waals surface area contributed by atoms with Crippen LogP contribution in [0.25, 0.3) is 0 Å². The lowest BCUT2D eigenvalue weighted by Crippen LogP contribution is -2.40. The van der Waals surface area contributed by atoms with E-state index in [-0.39, 0.29) is 5.88 Å². The van der Waals surface area contributed by atoms with Crippen molar-refractivity contribution in [2.45, 2.75) is 12.5 Å². The maximum absolute atomic E-state index is 10.00. The predicted octanol–water partition coefficient (Wildman–Crippen LogP) is 0.469. The van der Waals surface area contributed by atoms with Crippen LogP contribution in [0.2, 0.25) is 0 Å². The van der Waals surface area contributed by atoms with Crippen molar-refractivity contribution in [3.63, 3.8) is 0 Å². The summed E-state index contributed by atoms with van der Waals surface area (Å²) in [4.78, 5) is 23.2. The molecule has 0 spiro atoms. The van der Waals surface area contributed by atoms with Crippen molar-refractivity contribution in [3.8, 4) is 0 Å². The van der Waals surface area contributed by atoms with Gasteiger partial charge in [-0.2, -0.15) is 0 Å². The summed E-state index contributed by atoms with van der Waals surface area (Å²) in [5, 5.41) is 18.8. The third-order valence-electron chi connectivity index (χ3n) is 1.04. The molecule has 0 aliphatic heterocycles. The van der Waals surface area contributed by atoms with Crippen molar-refractivity contribution in [2.75, 3.05) is 12.4 Å². The van der Waals surface area contributed by atoms with Crippen LogP contribution in [0.5, 0.6) is 0 Å². The quantitative estimate of drug-likeness (QED) is 0.363. The Morgan fingerprint density at radius 2 is 2.00 bits per heavy atom. The predicted molar refractivity (Wildman–Crippen MR) is 39.1 cm³/mol. The molecule has 7 nitrogen and oxygen atoms in total. The summed E-state index contributed by atoms with van der Waals surface area (Å²) in [5.41, 5.74) is -1.55. The van der Waals surface area contributed by atoms with Gasteiger partial charge < -0.3 is 0 Å². The normalized spacial score (nSPS) is 14.8. The Kier molecular flexibility index (Phi) is 3.68. The van der Waals surface area contributed by atoms with Crippen molar-refractivity contribution in [1.29, 1.82) is 0 Å². The van der Waals surface area contributed by atoms with Crippen molar-refractivity contribution in [3.05, 3.63) is 20.2 Å². The van der Waals surface area contributed by atoms with Crippen LogP contribution in [0.15, 0.2) is 0 Å². The van der Waals surface area contributed by atoms with E-state index in [2.05, 4.69) is 4.84 Å². The zero-order chi connectivity index (χ0) is 9.78. The Morgan fingerprint density at radius 3 is 2.25 bits per heavy atom. The van der Waals surface area contributed by atoms with Crippen LogP contribution in [0.4, 0.5) is 0 Å². The number of nitrogens with zero attached hydrogens (tertiary/aromatic N) is 2. The van der Waals surface area contributed by atoms with Gasteiger partial charge in [-0.15, -0.1) is 21.7 Å². The maximum atomic E-state index is 10.00. The Labute approximate surface area is 72.5 Å². The lowest BCUT2D eigenvalue weighted by atomic mass is 10.1. The highest BCUT2D eigenvalue weighted by Crippen LogP contribution is 2.12. The van der Waals surface area contributed by atoms with Crippen molar-refractivity contribution < 1.29 is 14.8 Å². The molecule has 0 aromatic heterocycles. The fourth-order valence-corrected chi connectivity index (χ4v) is 0.682. The molecule has 1 unspecified atom stereocenters. The second-order valence-corrected chi connectivity index (χ2v) is 2.66. The Balaban J connectivity index is 4.23. The lowest BCUT2D eigenvalue weighted by molar-refractivity contribution is -0.785. The molecular formula is C4H7ClN2O5. The summed E-state index contributed by atoms with van der Waals surface area (Å²) in [6, 6.07) is 0. The van der Waals surface area contributed by atoms with E-state index in [9.17, 15) is 20.2 Å². The molecule has 8 heteroatoms. The first-order valence-corrected chi connectivity index (χ1v) is 3.44. The number of alkyl halides is 1. The molecule has 0 amide bonds. The van der Waals surface area contributed by atoms with Crippen molar-refractivity contribution >= 4 is 11.6 Å². The van der Waals surface area contributed by atoms with E-state index in [1.54, 1.807) is 0 Å². The van der Waals surface area contributed by atoms with Gasteiger partial charge in [-0.3, -0.25) is 15.0 Å². The van der Waals surface area contributed by atoms with Crippen molar-refractivity contribution in [1.82, 2.24) is 0 Å². The van der Waals surface area contributed by atoms with Gasteiger partial charge in [0.1, 0.15) is 0 Å². The van der Waals surface area contributed by atoms with Gasteiger partial charge in [-0.05, 0) is 6.92 Å². The van der Waals surface area contributed by atoms with E-state index in [0.29, 0.717) is 0 Å². The van der Waals surface area contributed by atoms with E-state index in [4.69, 9.17) is 11.6 Å². The molecule has 0 aromatic rings. The number of nitro groups is 1. The molecule has 0 radical (unpaired) electrons. The summed E-state index contributed by atoms with van der Waals surface area (Å²) >= 11 is 5.26. The first-order valence-electron chi connectivity index (χ1n) is 2.91. The van der Waals surface area contributed by atoms with Gasteiger partial charge in [-0.1, -0.05) is 0 Å². The van der Waals surface area contributed by atoms with Crippen LogP contribution in [0.1, 0.15) is 6.92 Å². The highest BCUT2D eigenvalue weighted by molar-refractivity contribution is 6.18. The zero-order valence-corrected chi connectivity index (χ0v) is 6.98. The smallest absolute Gasteiger partial charge is 0.295 e. The summed E-state index contributed by atoms with van der Waals surface area (Å²) in [6.45, 7) is 0.503. The van der Waals surface area contributed by atoms with Crippen LogP contribution in [0.3, 0.4) is 0 Å². The molecule has 0 heterocycles. The molecule has 0 bridgehead atoms. The third-order valence-corrected chi connectivity index (χ3v) is 1.61. The summed E-state index contributed by atoms with van der Waals surface area (Å²) in [7, 11) is 0. The van der Waals surface area contributed by atoms with E-state index < -0.39 is 22.2 Å². The average molecular weight is 199 g/mol. The SMILES string of the molecule is CC(CCl)(C[N+](=O)[O-])O[N+](=O)[O-]. The maximum Gasteiger partial charge on any atom is 0.295 e. The molecule has 0 saturated heterocycles. The number of hydrogen-bond donors (Lipinski definition) is 0. The topological polar surface area (TPSA) is 95.5 Å². The minimum Gasteiger partial charge on any atom is -0.299 e. The molecule has 0 aliphatic rings. The Bertz CT molecular complexity index is 180. The molecule has 1 atom stereocenters. The monoisotopic (exact) mass is 198 g/mol. The van der Waals surface area contributed by atoms with Crippen LogP contribution in [-0.2, 0) is 4.84 Å². The average Bonchev–Trinajstić information content (AvgIpc) is 1.83. The number of halogens is 1. The van der Waals surface area contributed by atoms with Gasteiger partial charge in [0.15, 0.2) is 5.60 Å². The van der Waals surface area contributed by atoms with Gasteiger partial charge >= 0.3 is 0 Å². The van der Waals surface area contributed by atoms with Gasteiger partial charge in [0.25, 0.3) is 5.09 Å². The Hall–Kier alpha value is -1.11. The molecule has 0 rings (SSSR count). The van der Waals surface area contributed by atoms with Crippen LogP contribution in [-0.4, -0.2) is 28.0 Å². The second-order valence-electron chi connectivity index (χ2n) is 2.39. The lowest BCUT2D eigenvalue weighted by Gasteiger charge is -2.18. The molecule has 70 valence electrons. The molecule has 0 fully saturated rings. The summed E-state index contributed by atoms with van der Waals surface area (Å²) in [5.74, 6) is -0.311. The Morgan fingerprint density at radius 1 is 1.50 bits per heavy atom. The van der Waals surface area contributed by atoms with E-state index >= 15 is 0 Å². The minimum absolute atomic E-state index is 0.311. The zero-order valence-electron chi connectivity index (χ0n) is 6.23. The standard InChI is InChI=1S/C4H7ClN2O5/c1-4(2-5,3-6(8)9)12-7(10)11/h2-3H2,1H3. The van der Waals surface area contributed by atoms with Crippen LogP contribution < -0.4 is 0 Å². The highest BCUT2D eigenvalue weighted by atomic mass is 35.5. The van der Waals surface area contributed by atoms with Crippen molar-refractivity contribution in [2.24, 2.45) is 0 Å². The molecule has 0 aliphatic carbocycles. The van der Waals surface area contributed by atoms with E-state index in [1.807, 2.05) is 0 Å². The largest absolute Gasteiger partial charge is 0.299 e. The highest BCUT2D eigenvalue weighted by Gasteiger charge is 2.34. The minimum atomic E-state index is -1.55. The first-order chi connectivity index (χ1) is 5.39. The second kappa shape index (κ2) is 4.05. The van der Waals surface area contributed by atoms with E-state index in [1.165, 1.54) is 6.92 Å². The summed E-state index contributed by atoms with van der Waals surface area (Å²) in [6.07, 6.45) is 0. The molecule has 0 N–H and O–H groups in total. The van der Waals surface area contributed by atoms with Gasteiger partial charge in [0.2, 0.25) is 6.54 Å². The molecule has 12 heavy (non-hydrogen) atoms. The fourth-order valence-electron chi connectivity index (χ4n) is 0.549. The van der Waals surface area contributed by atoms with E-state index in [0.717, 1.165) is 0 Å². The van der Waals surface area contributed by atoms with Crippen LogP contribution in [0, 0.1) is 20.2 Å². The van der Waals surface area contributed by atoms with Crippen LogP contribution >= 0.6 is 11.6 Å².